The van der Waals surface area contributed by atoms with Gasteiger partial charge in [0, 0.05) is 11.6 Å². The van der Waals surface area contributed by atoms with Gasteiger partial charge in [-0.05, 0) is 24.3 Å². The van der Waals surface area contributed by atoms with Crippen molar-refractivity contribution in [2.24, 2.45) is 0 Å². The predicted octanol–water partition coefficient (Wildman–Crippen LogP) is 2.57. The van der Waals surface area contributed by atoms with E-state index in [1.807, 2.05) is 24.3 Å². The van der Waals surface area contributed by atoms with Gasteiger partial charge in [-0.1, -0.05) is 24.3 Å². The van der Waals surface area contributed by atoms with E-state index in [4.69, 9.17) is 5.11 Å². The number of carboxylic acid groups (broad SMARTS) is 1. The number of fused-ring (bicyclic) bond motifs is 3. The van der Waals surface area contributed by atoms with Gasteiger partial charge < -0.3 is 5.11 Å². The SMILES string of the molecule is O=C(O)c1cccc(-n2[nH]c3c(cnc4ccccc43)c2=O)c1. The van der Waals surface area contributed by atoms with Crippen LogP contribution in [-0.4, -0.2) is 25.8 Å². The van der Waals surface area contributed by atoms with Gasteiger partial charge in [0.2, 0.25) is 0 Å². The Labute approximate surface area is 129 Å². The van der Waals surface area contributed by atoms with E-state index in [1.54, 1.807) is 12.1 Å². The number of carbonyl (C=O) groups is 1. The molecule has 6 nitrogen and oxygen atoms in total. The van der Waals surface area contributed by atoms with Gasteiger partial charge in [-0.2, -0.15) is 0 Å². The van der Waals surface area contributed by atoms with Gasteiger partial charge in [0.05, 0.1) is 27.7 Å². The summed E-state index contributed by atoms with van der Waals surface area (Å²) >= 11 is 0. The average molecular weight is 305 g/mol. The smallest absolute Gasteiger partial charge is 0.335 e. The lowest BCUT2D eigenvalue weighted by Gasteiger charge is -2.02. The van der Waals surface area contributed by atoms with E-state index in [9.17, 15) is 9.59 Å². The number of benzene rings is 2. The van der Waals surface area contributed by atoms with Crippen LogP contribution in [0.25, 0.3) is 27.5 Å². The molecule has 0 radical (unpaired) electrons. The lowest BCUT2D eigenvalue weighted by molar-refractivity contribution is 0.0697. The highest BCUT2D eigenvalue weighted by molar-refractivity contribution is 6.02. The fourth-order valence-electron chi connectivity index (χ4n) is 2.67. The van der Waals surface area contributed by atoms with Crippen LogP contribution < -0.4 is 5.56 Å². The molecule has 0 bridgehead atoms. The third kappa shape index (κ3) is 2.00. The number of aromatic nitrogens is 3. The van der Waals surface area contributed by atoms with Crippen LogP contribution in [0.2, 0.25) is 0 Å². The highest BCUT2D eigenvalue weighted by Crippen LogP contribution is 2.20. The molecule has 112 valence electrons. The summed E-state index contributed by atoms with van der Waals surface area (Å²) in [5, 5.41) is 13.5. The van der Waals surface area contributed by atoms with E-state index in [1.165, 1.54) is 23.0 Å². The molecule has 2 N–H and O–H groups in total. The molecule has 0 aliphatic heterocycles. The van der Waals surface area contributed by atoms with Crippen molar-refractivity contribution in [1.29, 1.82) is 0 Å². The Morgan fingerprint density at radius 2 is 1.91 bits per heavy atom. The minimum Gasteiger partial charge on any atom is -0.478 e. The van der Waals surface area contributed by atoms with Crippen LogP contribution in [0.3, 0.4) is 0 Å². The van der Waals surface area contributed by atoms with Gasteiger partial charge >= 0.3 is 5.97 Å². The van der Waals surface area contributed by atoms with Gasteiger partial charge in [-0.3, -0.25) is 14.9 Å². The van der Waals surface area contributed by atoms with Crippen LogP contribution in [0.4, 0.5) is 0 Å². The van der Waals surface area contributed by atoms with E-state index in [0.29, 0.717) is 16.6 Å². The molecule has 23 heavy (non-hydrogen) atoms. The largest absolute Gasteiger partial charge is 0.478 e. The van der Waals surface area contributed by atoms with Crippen LogP contribution in [0.15, 0.2) is 59.5 Å². The standard InChI is InChI=1S/C17H11N3O3/c21-16-13-9-18-14-7-2-1-6-12(14)15(13)19-20(16)11-5-3-4-10(8-11)17(22)23/h1-9,19H,(H,22,23). The number of pyridine rings is 1. The van der Waals surface area contributed by atoms with Crippen LogP contribution in [0.5, 0.6) is 0 Å². The van der Waals surface area contributed by atoms with E-state index in [0.717, 1.165) is 10.9 Å². The normalized spacial score (nSPS) is 11.1. The number of H-pyrrole nitrogens is 1. The lowest BCUT2D eigenvalue weighted by atomic mass is 10.2. The van der Waals surface area contributed by atoms with Gasteiger partial charge in [-0.15, -0.1) is 0 Å². The summed E-state index contributed by atoms with van der Waals surface area (Å²) < 4.78 is 1.34. The van der Waals surface area contributed by atoms with Gasteiger partial charge in [0.25, 0.3) is 5.56 Å². The Bertz CT molecular complexity index is 1120. The second-order valence-corrected chi connectivity index (χ2v) is 5.17. The molecule has 4 rings (SSSR count). The molecule has 4 aromatic rings. The number of carboxylic acids is 1. The van der Waals surface area contributed by atoms with Crippen LogP contribution in [0.1, 0.15) is 10.4 Å². The van der Waals surface area contributed by atoms with E-state index in [2.05, 4.69) is 10.1 Å². The molecule has 2 heterocycles. The maximum atomic E-state index is 12.6. The van der Waals surface area contributed by atoms with E-state index in [-0.39, 0.29) is 11.1 Å². The number of aromatic carboxylic acids is 1. The van der Waals surface area contributed by atoms with Gasteiger partial charge in [-0.25, -0.2) is 9.48 Å². The van der Waals surface area contributed by atoms with Crippen LogP contribution in [0, 0.1) is 0 Å². The highest BCUT2D eigenvalue weighted by atomic mass is 16.4. The summed E-state index contributed by atoms with van der Waals surface area (Å²) in [5.41, 5.74) is 1.79. The van der Waals surface area contributed by atoms with Crippen molar-refractivity contribution in [2.45, 2.75) is 0 Å². The first-order valence-corrected chi connectivity index (χ1v) is 6.97. The summed E-state index contributed by atoms with van der Waals surface area (Å²) in [6.07, 6.45) is 1.54. The van der Waals surface area contributed by atoms with Crippen molar-refractivity contribution in [3.63, 3.8) is 0 Å². The average Bonchev–Trinajstić information content (AvgIpc) is 2.92. The van der Waals surface area contributed by atoms with Crippen molar-refractivity contribution in [2.75, 3.05) is 0 Å². The Hall–Kier alpha value is -3.41. The summed E-state index contributed by atoms with van der Waals surface area (Å²) in [4.78, 5) is 28.0. The first kappa shape index (κ1) is 13.3. The Morgan fingerprint density at radius 1 is 1.09 bits per heavy atom. The van der Waals surface area contributed by atoms with Crippen LogP contribution >= 0.6 is 0 Å². The molecule has 0 saturated heterocycles. The Morgan fingerprint density at radius 3 is 2.74 bits per heavy atom. The number of hydrogen-bond acceptors (Lipinski definition) is 3. The van der Waals surface area contributed by atoms with E-state index >= 15 is 0 Å². The fourth-order valence-corrected chi connectivity index (χ4v) is 2.67. The maximum absolute atomic E-state index is 12.6. The topological polar surface area (TPSA) is 88.0 Å². The van der Waals surface area contributed by atoms with E-state index < -0.39 is 5.97 Å². The second kappa shape index (κ2) is 4.81. The monoisotopic (exact) mass is 305 g/mol. The third-order valence-electron chi connectivity index (χ3n) is 3.78. The predicted molar refractivity (Wildman–Crippen MR) is 86.2 cm³/mol. The second-order valence-electron chi connectivity index (χ2n) is 5.17. The van der Waals surface area contributed by atoms with Crippen molar-refractivity contribution in [3.8, 4) is 5.69 Å². The molecule has 2 aromatic carbocycles. The number of nitrogens with zero attached hydrogens (tertiary/aromatic N) is 2. The van der Waals surface area contributed by atoms with Crippen molar-refractivity contribution in [1.82, 2.24) is 14.8 Å². The van der Waals surface area contributed by atoms with Crippen molar-refractivity contribution in [3.05, 3.63) is 70.6 Å². The molecule has 0 spiro atoms. The van der Waals surface area contributed by atoms with Crippen LogP contribution in [-0.2, 0) is 0 Å². The molecule has 6 heteroatoms. The molecule has 0 fully saturated rings. The third-order valence-corrected chi connectivity index (χ3v) is 3.78. The van der Waals surface area contributed by atoms with Gasteiger partial charge in [0.15, 0.2) is 0 Å². The number of nitrogens with one attached hydrogen (secondary N) is 1. The molecule has 0 atom stereocenters. The molecule has 0 unspecified atom stereocenters. The molecule has 0 aliphatic rings. The molecular formula is C17H11N3O3. The quantitative estimate of drug-likeness (QED) is 0.596. The zero-order valence-corrected chi connectivity index (χ0v) is 11.9. The first-order valence-electron chi connectivity index (χ1n) is 6.97. The lowest BCUT2D eigenvalue weighted by Crippen LogP contribution is -2.14. The van der Waals surface area contributed by atoms with Gasteiger partial charge in [0.1, 0.15) is 0 Å². The molecule has 2 aromatic heterocycles. The Balaban J connectivity index is 2.03. The molecular weight excluding hydrogens is 294 g/mol. The minimum absolute atomic E-state index is 0.121. The summed E-state index contributed by atoms with van der Waals surface area (Å²) in [7, 11) is 0. The number of hydrogen-bond donors (Lipinski definition) is 2. The zero-order valence-electron chi connectivity index (χ0n) is 11.9. The molecule has 0 amide bonds. The minimum atomic E-state index is -1.04. The molecule has 0 saturated carbocycles. The first-order chi connectivity index (χ1) is 11.1. The number of rotatable bonds is 2. The molecule has 0 aliphatic carbocycles. The zero-order chi connectivity index (χ0) is 16.0. The summed E-state index contributed by atoms with van der Waals surface area (Å²) in [6.45, 7) is 0. The maximum Gasteiger partial charge on any atom is 0.335 e. The number of para-hydroxylation sites is 1. The fraction of sp³-hybridized carbons (Fsp3) is 0. The summed E-state index contributed by atoms with van der Waals surface area (Å²) in [6, 6.07) is 13.7. The number of aromatic amines is 1. The van der Waals surface area contributed by atoms with Crippen molar-refractivity contribution < 1.29 is 9.90 Å². The highest BCUT2D eigenvalue weighted by Gasteiger charge is 2.12. The van der Waals surface area contributed by atoms with Crippen molar-refractivity contribution >= 4 is 27.8 Å². The Kier molecular flexibility index (Phi) is 2.77. The summed E-state index contributed by atoms with van der Waals surface area (Å²) in [5.74, 6) is -1.04.